The van der Waals surface area contributed by atoms with E-state index in [0.29, 0.717) is 12.2 Å². The van der Waals surface area contributed by atoms with Gasteiger partial charge in [-0.1, -0.05) is 78.4 Å². The van der Waals surface area contributed by atoms with Crippen molar-refractivity contribution in [2.45, 2.75) is 91.9 Å². The first-order valence-corrected chi connectivity index (χ1v) is 8.16. The Labute approximate surface area is 120 Å². The number of carbonyl (C=O) groups excluding carboxylic acids is 1. The minimum Gasteiger partial charge on any atom is -0.299 e. The molecule has 0 aromatic heterocycles. The third kappa shape index (κ3) is 12.2. The summed E-state index contributed by atoms with van der Waals surface area (Å²) in [5.74, 6) is 0.369. The molecule has 112 valence electrons. The molecule has 0 spiro atoms. The predicted octanol–water partition coefficient (Wildman–Crippen LogP) is 6.08. The van der Waals surface area contributed by atoms with Crippen LogP contribution in [0.2, 0.25) is 0 Å². The van der Waals surface area contributed by atoms with Gasteiger partial charge in [-0.2, -0.15) is 0 Å². The smallest absolute Gasteiger partial charge is 0.138 e. The number of hydrogen-bond donors (Lipinski definition) is 0. The van der Waals surface area contributed by atoms with Gasteiger partial charge in [0.25, 0.3) is 0 Å². The molecule has 0 N–H and O–H groups in total. The number of rotatable bonds is 11. The summed E-state index contributed by atoms with van der Waals surface area (Å²) in [6.45, 7) is 8.25. The molecule has 0 fully saturated rings. The first-order chi connectivity index (χ1) is 8.98. The normalized spacial score (nSPS) is 12.2. The molecule has 0 radical (unpaired) electrons. The maximum atomic E-state index is 11.7. The Morgan fingerprint density at radius 3 is 1.95 bits per heavy atom. The van der Waals surface area contributed by atoms with Crippen LogP contribution in [-0.2, 0) is 4.79 Å². The molecular weight excluding hydrogens is 232 g/mol. The quantitative estimate of drug-likeness (QED) is 0.327. The maximum Gasteiger partial charge on any atom is 0.138 e. The summed E-state index contributed by atoms with van der Waals surface area (Å²) >= 11 is 0. The van der Waals surface area contributed by atoms with Crippen LogP contribution < -0.4 is 0 Å². The first kappa shape index (κ1) is 18.4. The van der Waals surface area contributed by atoms with E-state index in [1.54, 1.807) is 0 Å². The number of allylic oxidation sites excluding steroid dienone is 2. The van der Waals surface area contributed by atoms with Gasteiger partial charge >= 0.3 is 0 Å². The summed E-state index contributed by atoms with van der Waals surface area (Å²) in [6.07, 6.45) is 16.8. The monoisotopic (exact) mass is 266 g/mol. The van der Waals surface area contributed by atoms with E-state index in [4.69, 9.17) is 0 Å². The van der Waals surface area contributed by atoms with Crippen LogP contribution in [0.5, 0.6) is 0 Å². The minimum atomic E-state index is -0.174. The highest BCUT2D eigenvalue weighted by molar-refractivity contribution is 5.83. The second-order valence-corrected chi connectivity index (χ2v) is 6.59. The van der Waals surface area contributed by atoms with Gasteiger partial charge < -0.3 is 0 Å². The van der Waals surface area contributed by atoms with E-state index in [1.807, 2.05) is 20.8 Å². The van der Waals surface area contributed by atoms with Crippen LogP contribution in [0.4, 0.5) is 0 Å². The Balaban J connectivity index is 3.33. The Morgan fingerprint density at radius 1 is 0.842 bits per heavy atom. The lowest BCUT2D eigenvalue weighted by molar-refractivity contribution is -0.126. The molecule has 0 unspecified atom stereocenters. The van der Waals surface area contributed by atoms with Gasteiger partial charge in [0.1, 0.15) is 5.78 Å². The topological polar surface area (TPSA) is 17.1 Å². The van der Waals surface area contributed by atoms with Crippen LogP contribution in [0.3, 0.4) is 0 Å². The lowest BCUT2D eigenvalue weighted by Gasteiger charge is -2.15. The van der Waals surface area contributed by atoms with Crippen LogP contribution in [0.15, 0.2) is 12.2 Å². The van der Waals surface area contributed by atoms with Crippen LogP contribution in [0, 0.1) is 5.41 Å². The largest absolute Gasteiger partial charge is 0.299 e. The number of Topliss-reactive ketones (excluding diaryl/α,β-unsaturated/α-hetero) is 1. The predicted molar refractivity (Wildman–Crippen MR) is 85.4 cm³/mol. The van der Waals surface area contributed by atoms with Gasteiger partial charge in [0, 0.05) is 11.8 Å². The third-order valence-electron chi connectivity index (χ3n) is 3.52. The van der Waals surface area contributed by atoms with Crippen LogP contribution >= 0.6 is 0 Å². The number of ketones is 1. The van der Waals surface area contributed by atoms with Gasteiger partial charge in [-0.25, -0.2) is 0 Å². The van der Waals surface area contributed by atoms with E-state index in [0.717, 1.165) is 6.42 Å². The summed E-state index contributed by atoms with van der Waals surface area (Å²) in [7, 11) is 0. The van der Waals surface area contributed by atoms with Gasteiger partial charge in [-0.05, 0) is 19.3 Å². The van der Waals surface area contributed by atoms with Crippen molar-refractivity contribution in [1.29, 1.82) is 0 Å². The zero-order valence-corrected chi connectivity index (χ0v) is 13.6. The molecule has 0 saturated carbocycles. The number of hydrogen-bond acceptors (Lipinski definition) is 1. The SMILES string of the molecule is CCCCCCCCCC=CCCC(=O)C(C)(C)C. The Morgan fingerprint density at radius 2 is 1.37 bits per heavy atom. The highest BCUT2D eigenvalue weighted by Gasteiger charge is 2.19. The first-order valence-electron chi connectivity index (χ1n) is 8.16. The average molecular weight is 266 g/mol. The Hall–Kier alpha value is -0.590. The molecule has 19 heavy (non-hydrogen) atoms. The van der Waals surface area contributed by atoms with Crippen molar-refractivity contribution < 1.29 is 4.79 Å². The average Bonchev–Trinajstić information content (AvgIpc) is 2.34. The van der Waals surface area contributed by atoms with Crippen LogP contribution in [0.1, 0.15) is 91.9 Å². The number of carbonyl (C=O) groups is 1. The third-order valence-corrected chi connectivity index (χ3v) is 3.52. The van der Waals surface area contributed by atoms with Crippen molar-refractivity contribution in [3.05, 3.63) is 12.2 Å². The lowest BCUT2D eigenvalue weighted by Crippen LogP contribution is -2.19. The second-order valence-electron chi connectivity index (χ2n) is 6.59. The summed E-state index contributed by atoms with van der Waals surface area (Å²) in [5.41, 5.74) is -0.174. The molecule has 0 aliphatic carbocycles. The van der Waals surface area contributed by atoms with Gasteiger partial charge in [-0.3, -0.25) is 4.79 Å². The molecule has 0 bridgehead atoms. The molecule has 0 aromatic carbocycles. The van der Waals surface area contributed by atoms with Crippen molar-refractivity contribution >= 4 is 5.78 Å². The van der Waals surface area contributed by atoms with Crippen LogP contribution in [-0.4, -0.2) is 5.78 Å². The van der Waals surface area contributed by atoms with Gasteiger partial charge in [0.2, 0.25) is 0 Å². The highest BCUT2D eigenvalue weighted by atomic mass is 16.1. The molecule has 0 atom stereocenters. The van der Waals surface area contributed by atoms with E-state index < -0.39 is 0 Å². The van der Waals surface area contributed by atoms with Crippen molar-refractivity contribution in [1.82, 2.24) is 0 Å². The molecule has 1 heteroatoms. The summed E-state index contributed by atoms with van der Waals surface area (Å²) in [4.78, 5) is 11.7. The fourth-order valence-corrected chi connectivity index (χ4v) is 2.04. The van der Waals surface area contributed by atoms with E-state index in [2.05, 4.69) is 19.1 Å². The van der Waals surface area contributed by atoms with Gasteiger partial charge in [-0.15, -0.1) is 0 Å². The van der Waals surface area contributed by atoms with Crippen molar-refractivity contribution in [2.24, 2.45) is 5.41 Å². The van der Waals surface area contributed by atoms with Crippen LogP contribution in [0.25, 0.3) is 0 Å². The molecular formula is C18H34O. The van der Waals surface area contributed by atoms with Crippen molar-refractivity contribution in [3.63, 3.8) is 0 Å². The molecule has 0 heterocycles. The van der Waals surface area contributed by atoms with Gasteiger partial charge in [0.15, 0.2) is 0 Å². The maximum absolute atomic E-state index is 11.7. The summed E-state index contributed by atoms with van der Waals surface area (Å²) in [6, 6.07) is 0. The molecule has 0 rings (SSSR count). The molecule has 0 aliphatic heterocycles. The zero-order chi connectivity index (χ0) is 14.6. The zero-order valence-electron chi connectivity index (χ0n) is 13.6. The summed E-state index contributed by atoms with van der Waals surface area (Å²) < 4.78 is 0. The Bertz CT molecular complexity index is 245. The number of unbranched alkanes of at least 4 members (excludes halogenated alkanes) is 7. The molecule has 0 aromatic rings. The molecule has 0 saturated heterocycles. The second kappa shape index (κ2) is 11.3. The Kier molecular flexibility index (Phi) is 10.9. The molecule has 0 amide bonds. The highest BCUT2D eigenvalue weighted by Crippen LogP contribution is 2.17. The fraction of sp³-hybridized carbons (Fsp3) is 0.833. The molecule has 0 aliphatic rings. The van der Waals surface area contributed by atoms with E-state index in [-0.39, 0.29) is 5.41 Å². The van der Waals surface area contributed by atoms with Crippen molar-refractivity contribution in [3.8, 4) is 0 Å². The molecule has 1 nitrogen and oxygen atoms in total. The van der Waals surface area contributed by atoms with Crippen molar-refractivity contribution in [2.75, 3.05) is 0 Å². The lowest BCUT2D eigenvalue weighted by atomic mass is 9.88. The van der Waals surface area contributed by atoms with E-state index in [9.17, 15) is 4.79 Å². The standard InChI is InChI=1S/C18H34O/c1-5-6-7-8-9-10-11-12-13-14-15-16-17(19)18(2,3)4/h13-14H,5-12,15-16H2,1-4H3. The van der Waals surface area contributed by atoms with E-state index >= 15 is 0 Å². The minimum absolute atomic E-state index is 0.174. The fourth-order valence-electron chi connectivity index (χ4n) is 2.04. The van der Waals surface area contributed by atoms with Gasteiger partial charge in [0.05, 0.1) is 0 Å². The summed E-state index contributed by atoms with van der Waals surface area (Å²) in [5, 5.41) is 0. The van der Waals surface area contributed by atoms with E-state index in [1.165, 1.54) is 51.4 Å².